The first kappa shape index (κ1) is 33.8. The molecule has 0 aromatic rings. The predicted molar refractivity (Wildman–Crippen MR) is 174 cm³/mol. The molecule has 0 radical (unpaired) electrons. The molecular formula is C38H67NO3. The number of rotatable bonds is 17. The lowest BCUT2D eigenvalue weighted by Gasteiger charge is -2.62. The van der Waals surface area contributed by atoms with Gasteiger partial charge in [-0.25, -0.2) is 0 Å². The number of hydrogen-bond acceptors (Lipinski definition) is 3. The number of esters is 1. The Morgan fingerprint density at radius 1 is 0.810 bits per heavy atom. The first-order valence-electron chi connectivity index (χ1n) is 18.6. The Morgan fingerprint density at radius 2 is 1.40 bits per heavy atom. The van der Waals surface area contributed by atoms with E-state index in [-0.39, 0.29) is 5.97 Å². The van der Waals surface area contributed by atoms with Crippen molar-refractivity contribution in [2.45, 2.75) is 175 Å². The summed E-state index contributed by atoms with van der Waals surface area (Å²) in [5.41, 5.74) is 0.668. The highest BCUT2D eigenvalue weighted by Gasteiger charge is 2.61. The van der Waals surface area contributed by atoms with Crippen LogP contribution in [0.2, 0.25) is 0 Å². The van der Waals surface area contributed by atoms with Crippen LogP contribution in [-0.2, 0) is 14.3 Å². The van der Waals surface area contributed by atoms with Crippen molar-refractivity contribution >= 4 is 11.9 Å². The van der Waals surface area contributed by atoms with E-state index in [2.05, 4.69) is 39.6 Å². The highest BCUT2D eigenvalue weighted by Crippen LogP contribution is 2.67. The lowest BCUT2D eigenvalue weighted by molar-refractivity contribution is -0.159. The molecule has 1 aliphatic heterocycles. The molecule has 4 aliphatic rings. The molecular weight excluding hydrogens is 518 g/mol. The van der Waals surface area contributed by atoms with Gasteiger partial charge < -0.3 is 9.64 Å². The fourth-order valence-corrected chi connectivity index (χ4v) is 10.8. The lowest BCUT2D eigenvalue weighted by atomic mass is 9.46. The number of ether oxygens (including phenoxy) is 1. The Morgan fingerprint density at radius 3 is 2.05 bits per heavy atom. The Balaban J connectivity index is 1.11. The molecule has 4 fully saturated rings. The van der Waals surface area contributed by atoms with Crippen molar-refractivity contribution in [3.63, 3.8) is 0 Å². The van der Waals surface area contributed by atoms with Crippen molar-refractivity contribution in [2.75, 3.05) is 13.7 Å². The zero-order valence-electron chi connectivity index (χ0n) is 28.4. The molecule has 242 valence electrons. The van der Waals surface area contributed by atoms with Crippen LogP contribution in [0.25, 0.3) is 0 Å². The summed E-state index contributed by atoms with van der Waals surface area (Å²) in [4.78, 5) is 27.2. The number of piperidine rings is 1. The van der Waals surface area contributed by atoms with Crippen molar-refractivity contribution in [1.82, 2.24) is 4.90 Å². The van der Waals surface area contributed by atoms with Gasteiger partial charge in [0.2, 0.25) is 5.91 Å². The maximum Gasteiger partial charge on any atom is 0.305 e. The van der Waals surface area contributed by atoms with E-state index in [4.69, 9.17) is 4.74 Å². The molecule has 1 saturated heterocycles. The first-order chi connectivity index (χ1) is 20.2. The molecule has 4 nitrogen and oxygen atoms in total. The van der Waals surface area contributed by atoms with Crippen molar-refractivity contribution in [3.05, 3.63) is 0 Å². The Bertz CT molecular complexity index is 857. The summed E-state index contributed by atoms with van der Waals surface area (Å²) in [7, 11) is 2.06. The SMILES string of the molecule is CCCCCCCCCCCCCCCC(=O)OCC(C)[C@H]1CC[C@H]2[C@@H]3CCC4N(C)C(=O)CC[C@]4(C)[C@H]3CC[C@]12C. The van der Waals surface area contributed by atoms with Gasteiger partial charge in [0.25, 0.3) is 0 Å². The summed E-state index contributed by atoms with van der Waals surface area (Å²) in [6, 6.07) is 0.440. The average Bonchev–Trinajstić information content (AvgIpc) is 3.33. The summed E-state index contributed by atoms with van der Waals surface area (Å²) < 4.78 is 5.89. The second kappa shape index (κ2) is 15.8. The van der Waals surface area contributed by atoms with E-state index in [1.807, 2.05) is 0 Å². The largest absolute Gasteiger partial charge is 0.465 e. The van der Waals surface area contributed by atoms with Crippen molar-refractivity contribution in [2.24, 2.45) is 40.4 Å². The number of carbonyl (C=O) groups is 2. The molecule has 0 bridgehead atoms. The van der Waals surface area contributed by atoms with E-state index < -0.39 is 0 Å². The molecule has 1 amide bonds. The second-order valence-electron chi connectivity index (χ2n) is 15.9. The molecule has 1 heterocycles. The van der Waals surface area contributed by atoms with Gasteiger partial charge in [0, 0.05) is 25.9 Å². The van der Waals surface area contributed by atoms with Crippen LogP contribution < -0.4 is 0 Å². The number of unbranched alkanes of at least 4 members (excludes halogenated alkanes) is 12. The van der Waals surface area contributed by atoms with Crippen molar-refractivity contribution < 1.29 is 14.3 Å². The fourth-order valence-electron chi connectivity index (χ4n) is 10.8. The monoisotopic (exact) mass is 586 g/mol. The highest BCUT2D eigenvalue weighted by molar-refractivity contribution is 5.77. The standard InChI is InChI=1S/C38H67NO3/c1-6-7-8-9-10-11-12-13-14-15-16-17-18-19-36(41)42-28-29(2)31-21-22-32-30-20-23-34-38(4,27-25-35(40)39(34)5)33(30)24-26-37(31,32)3/h29-34H,6-28H2,1-5H3/t29?,30-,31+,32-,33-,34?,37+,38+/m0/s1. The number of nitrogens with zero attached hydrogens (tertiary/aromatic N) is 1. The van der Waals surface area contributed by atoms with Gasteiger partial charge in [-0.1, -0.05) is 105 Å². The van der Waals surface area contributed by atoms with Crippen LogP contribution in [0.1, 0.15) is 169 Å². The zero-order chi connectivity index (χ0) is 30.2. The summed E-state index contributed by atoms with van der Waals surface area (Å²) in [5.74, 6) is 3.85. The minimum atomic E-state index is 0.0237. The van der Waals surface area contributed by atoms with Gasteiger partial charge in [-0.05, 0) is 91.8 Å². The predicted octanol–water partition coefficient (Wildman–Crippen LogP) is 10.1. The minimum absolute atomic E-state index is 0.0237. The molecule has 3 saturated carbocycles. The van der Waals surface area contributed by atoms with Gasteiger partial charge in [0.05, 0.1) is 6.61 Å². The van der Waals surface area contributed by atoms with Crippen LogP contribution in [0, 0.1) is 40.4 Å². The first-order valence-corrected chi connectivity index (χ1v) is 18.6. The van der Waals surface area contributed by atoms with E-state index in [1.165, 1.54) is 109 Å². The van der Waals surface area contributed by atoms with Crippen LogP contribution in [0.3, 0.4) is 0 Å². The van der Waals surface area contributed by atoms with E-state index in [1.54, 1.807) is 0 Å². The fraction of sp³-hybridized carbons (Fsp3) is 0.947. The number of fused-ring (bicyclic) bond motifs is 5. The van der Waals surface area contributed by atoms with Gasteiger partial charge in [0.1, 0.15) is 0 Å². The molecule has 8 atom stereocenters. The number of amides is 1. The van der Waals surface area contributed by atoms with E-state index in [9.17, 15) is 9.59 Å². The summed E-state index contributed by atoms with van der Waals surface area (Å²) in [6.07, 6.45) is 27.4. The third-order valence-corrected chi connectivity index (χ3v) is 13.3. The maximum atomic E-state index is 12.6. The topological polar surface area (TPSA) is 46.6 Å². The minimum Gasteiger partial charge on any atom is -0.465 e. The van der Waals surface area contributed by atoms with Crippen LogP contribution in [-0.4, -0.2) is 36.5 Å². The van der Waals surface area contributed by atoms with Gasteiger partial charge in [-0.3, -0.25) is 9.59 Å². The van der Waals surface area contributed by atoms with Gasteiger partial charge in [-0.2, -0.15) is 0 Å². The molecule has 3 aliphatic carbocycles. The van der Waals surface area contributed by atoms with Crippen molar-refractivity contribution in [3.8, 4) is 0 Å². The van der Waals surface area contributed by atoms with Crippen LogP contribution in [0.15, 0.2) is 0 Å². The van der Waals surface area contributed by atoms with E-state index in [0.717, 1.165) is 43.4 Å². The summed E-state index contributed by atoms with van der Waals surface area (Å²) in [6.45, 7) is 10.3. The molecule has 4 rings (SSSR count). The average molecular weight is 586 g/mol. The smallest absolute Gasteiger partial charge is 0.305 e. The molecule has 0 N–H and O–H groups in total. The Labute approximate surface area is 259 Å². The second-order valence-corrected chi connectivity index (χ2v) is 15.9. The third kappa shape index (κ3) is 7.77. The summed E-state index contributed by atoms with van der Waals surface area (Å²) in [5, 5.41) is 0. The molecule has 0 spiro atoms. The molecule has 2 unspecified atom stereocenters. The molecule has 4 heteroatoms. The van der Waals surface area contributed by atoms with Crippen LogP contribution >= 0.6 is 0 Å². The van der Waals surface area contributed by atoms with Crippen LogP contribution in [0.4, 0.5) is 0 Å². The summed E-state index contributed by atoms with van der Waals surface area (Å²) >= 11 is 0. The number of hydrogen-bond donors (Lipinski definition) is 0. The molecule has 0 aromatic carbocycles. The van der Waals surface area contributed by atoms with Gasteiger partial charge in [-0.15, -0.1) is 0 Å². The number of carbonyl (C=O) groups excluding carboxylic acids is 2. The lowest BCUT2D eigenvalue weighted by Crippen LogP contribution is -2.61. The normalized spacial score (nSPS) is 34.9. The maximum absolute atomic E-state index is 12.6. The Hall–Kier alpha value is -1.06. The molecule has 42 heavy (non-hydrogen) atoms. The van der Waals surface area contributed by atoms with E-state index >= 15 is 0 Å². The van der Waals surface area contributed by atoms with Gasteiger partial charge in [0.15, 0.2) is 0 Å². The zero-order valence-corrected chi connectivity index (χ0v) is 28.4. The van der Waals surface area contributed by atoms with Crippen LogP contribution in [0.5, 0.6) is 0 Å². The third-order valence-electron chi connectivity index (χ3n) is 13.3. The van der Waals surface area contributed by atoms with E-state index in [0.29, 0.717) is 47.6 Å². The Kier molecular flexibility index (Phi) is 12.7. The van der Waals surface area contributed by atoms with Gasteiger partial charge >= 0.3 is 5.97 Å². The van der Waals surface area contributed by atoms with Crippen molar-refractivity contribution in [1.29, 1.82) is 0 Å². The quantitative estimate of drug-likeness (QED) is 0.126. The number of likely N-dealkylation sites (tertiary alicyclic amines) is 1. The molecule has 0 aromatic heterocycles. The highest BCUT2D eigenvalue weighted by atomic mass is 16.5.